The highest BCUT2D eigenvalue weighted by atomic mass is 16.1. The van der Waals surface area contributed by atoms with Gasteiger partial charge in [0.25, 0.3) is 5.91 Å². The summed E-state index contributed by atoms with van der Waals surface area (Å²) in [6, 6.07) is 11.4. The average Bonchev–Trinajstić information content (AvgIpc) is 2.92. The Kier molecular flexibility index (Phi) is 3.41. The summed E-state index contributed by atoms with van der Waals surface area (Å²) in [6.45, 7) is 0.552. The fraction of sp³-hybridized carbons (Fsp3) is 0.133. The van der Waals surface area contributed by atoms with E-state index < -0.39 is 0 Å². The van der Waals surface area contributed by atoms with E-state index in [1.54, 1.807) is 16.8 Å². The molecule has 3 heterocycles. The van der Waals surface area contributed by atoms with Gasteiger partial charge >= 0.3 is 0 Å². The van der Waals surface area contributed by atoms with Gasteiger partial charge < -0.3 is 5.32 Å². The number of hydrogen-bond acceptors (Lipinski definition) is 3. The zero-order chi connectivity index (χ0) is 13.8. The predicted octanol–water partition coefficient (Wildman–Crippen LogP) is 1.70. The molecule has 0 fully saturated rings. The molecule has 100 valence electrons. The number of nitrogens with one attached hydrogen (secondary N) is 1. The van der Waals surface area contributed by atoms with Crippen LogP contribution in [0.2, 0.25) is 0 Å². The number of carbonyl (C=O) groups is 1. The van der Waals surface area contributed by atoms with E-state index in [9.17, 15) is 4.79 Å². The van der Waals surface area contributed by atoms with Gasteiger partial charge in [-0.2, -0.15) is 0 Å². The molecule has 0 saturated heterocycles. The van der Waals surface area contributed by atoms with Crippen LogP contribution in [-0.4, -0.2) is 26.8 Å². The van der Waals surface area contributed by atoms with Crippen LogP contribution in [0.3, 0.4) is 0 Å². The van der Waals surface area contributed by atoms with Gasteiger partial charge in [-0.3, -0.25) is 14.2 Å². The molecule has 3 aromatic rings. The zero-order valence-corrected chi connectivity index (χ0v) is 10.9. The minimum atomic E-state index is -0.125. The topological polar surface area (TPSA) is 59.3 Å². The van der Waals surface area contributed by atoms with Crippen molar-refractivity contribution in [1.82, 2.24) is 19.7 Å². The zero-order valence-electron chi connectivity index (χ0n) is 10.9. The maximum absolute atomic E-state index is 12.1. The van der Waals surface area contributed by atoms with Crippen molar-refractivity contribution in [1.29, 1.82) is 0 Å². The number of imidazole rings is 1. The van der Waals surface area contributed by atoms with Crippen LogP contribution in [0.25, 0.3) is 5.65 Å². The molecule has 0 spiro atoms. The summed E-state index contributed by atoms with van der Waals surface area (Å²) in [5, 5.41) is 2.89. The molecule has 0 aliphatic rings. The molecule has 1 N–H and O–H groups in total. The van der Waals surface area contributed by atoms with E-state index in [0.717, 1.165) is 11.3 Å². The first-order valence-corrected chi connectivity index (χ1v) is 6.45. The lowest BCUT2D eigenvalue weighted by molar-refractivity contribution is 0.0948. The van der Waals surface area contributed by atoms with Crippen molar-refractivity contribution in [2.75, 3.05) is 6.54 Å². The smallest absolute Gasteiger partial charge is 0.269 e. The molecular formula is C15H14N4O. The number of fused-ring (bicyclic) bond motifs is 1. The summed E-state index contributed by atoms with van der Waals surface area (Å²) in [5.41, 5.74) is 2.27. The van der Waals surface area contributed by atoms with Crippen LogP contribution in [-0.2, 0) is 6.42 Å². The predicted molar refractivity (Wildman–Crippen MR) is 75.5 cm³/mol. The Morgan fingerprint density at radius 3 is 2.90 bits per heavy atom. The minimum absolute atomic E-state index is 0.125. The normalized spacial score (nSPS) is 10.6. The van der Waals surface area contributed by atoms with E-state index in [1.807, 2.05) is 42.6 Å². The average molecular weight is 266 g/mol. The Morgan fingerprint density at radius 2 is 2.05 bits per heavy atom. The van der Waals surface area contributed by atoms with Crippen LogP contribution in [0.4, 0.5) is 0 Å². The molecule has 3 aromatic heterocycles. The number of aromatic nitrogens is 3. The Balaban J connectivity index is 1.65. The van der Waals surface area contributed by atoms with E-state index >= 15 is 0 Å². The second-order valence-corrected chi connectivity index (χ2v) is 4.40. The lowest BCUT2D eigenvalue weighted by Crippen LogP contribution is -2.27. The lowest BCUT2D eigenvalue weighted by atomic mass is 10.2. The van der Waals surface area contributed by atoms with Crippen LogP contribution in [0.15, 0.2) is 55.0 Å². The number of pyridine rings is 2. The fourth-order valence-electron chi connectivity index (χ4n) is 2.04. The van der Waals surface area contributed by atoms with Crippen molar-refractivity contribution in [3.05, 3.63) is 66.4 Å². The molecule has 20 heavy (non-hydrogen) atoms. The first-order chi connectivity index (χ1) is 9.84. The van der Waals surface area contributed by atoms with Gasteiger partial charge in [-0.05, 0) is 24.3 Å². The van der Waals surface area contributed by atoms with Gasteiger partial charge in [0.05, 0.1) is 6.20 Å². The Labute approximate surface area is 116 Å². The molecule has 0 saturated carbocycles. The summed E-state index contributed by atoms with van der Waals surface area (Å²) < 4.78 is 1.77. The maximum atomic E-state index is 12.1. The summed E-state index contributed by atoms with van der Waals surface area (Å²) in [4.78, 5) is 20.5. The van der Waals surface area contributed by atoms with Gasteiger partial charge in [-0.15, -0.1) is 0 Å². The van der Waals surface area contributed by atoms with Gasteiger partial charge in [0, 0.05) is 31.1 Å². The highest BCUT2D eigenvalue weighted by Crippen LogP contribution is 2.05. The molecule has 1 amide bonds. The molecule has 5 heteroatoms. The van der Waals surface area contributed by atoms with Crippen molar-refractivity contribution in [2.45, 2.75) is 6.42 Å². The molecule has 3 rings (SSSR count). The van der Waals surface area contributed by atoms with Gasteiger partial charge in [0.15, 0.2) is 0 Å². The number of amides is 1. The van der Waals surface area contributed by atoms with Crippen molar-refractivity contribution >= 4 is 11.6 Å². The SMILES string of the molecule is O=C(NCCc1ccccn1)c1cnc2ccccn12. The molecule has 0 atom stereocenters. The molecule has 0 aromatic carbocycles. The number of nitrogens with zero attached hydrogens (tertiary/aromatic N) is 3. The van der Waals surface area contributed by atoms with E-state index in [2.05, 4.69) is 15.3 Å². The molecule has 0 bridgehead atoms. The standard InChI is InChI=1S/C15H14N4O/c20-15(17-9-7-12-5-1-3-8-16-12)13-11-18-14-6-2-4-10-19(13)14/h1-6,8,10-11H,7,9H2,(H,17,20). The molecule has 0 unspecified atom stereocenters. The van der Waals surface area contributed by atoms with Gasteiger partial charge in [-0.1, -0.05) is 12.1 Å². The van der Waals surface area contributed by atoms with Crippen molar-refractivity contribution in [3.63, 3.8) is 0 Å². The third-order valence-corrected chi connectivity index (χ3v) is 3.04. The first-order valence-electron chi connectivity index (χ1n) is 6.45. The maximum Gasteiger partial charge on any atom is 0.269 e. The van der Waals surface area contributed by atoms with Crippen molar-refractivity contribution in [3.8, 4) is 0 Å². The van der Waals surface area contributed by atoms with E-state index in [1.165, 1.54) is 0 Å². The second kappa shape index (κ2) is 5.52. The first kappa shape index (κ1) is 12.3. The van der Waals surface area contributed by atoms with E-state index in [-0.39, 0.29) is 5.91 Å². The van der Waals surface area contributed by atoms with E-state index in [4.69, 9.17) is 0 Å². The lowest BCUT2D eigenvalue weighted by Gasteiger charge is -2.04. The third kappa shape index (κ3) is 2.51. The fourth-order valence-corrected chi connectivity index (χ4v) is 2.04. The number of hydrogen-bond donors (Lipinski definition) is 1. The number of carbonyl (C=O) groups excluding carboxylic acids is 1. The second-order valence-electron chi connectivity index (χ2n) is 4.40. The van der Waals surface area contributed by atoms with Crippen molar-refractivity contribution < 1.29 is 4.79 Å². The quantitative estimate of drug-likeness (QED) is 0.782. The van der Waals surface area contributed by atoms with Gasteiger partial charge in [-0.25, -0.2) is 4.98 Å². The highest BCUT2D eigenvalue weighted by molar-refractivity contribution is 5.93. The summed E-state index contributed by atoms with van der Waals surface area (Å²) >= 11 is 0. The number of rotatable bonds is 4. The minimum Gasteiger partial charge on any atom is -0.350 e. The summed E-state index contributed by atoms with van der Waals surface area (Å²) in [7, 11) is 0. The van der Waals surface area contributed by atoms with Crippen LogP contribution in [0, 0.1) is 0 Å². The van der Waals surface area contributed by atoms with Gasteiger partial charge in [0.2, 0.25) is 0 Å². The monoisotopic (exact) mass is 266 g/mol. The summed E-state index contributed by atoms with van der Waals surface area (Å²) in [6.07, 6.45) is 5.88. The molecule has 0 aliphatic carbocycles. The van der Waals surface area contributed by atoms with Crippen molar-refractivity contribution in [2.24, 2.45) is 0 Å². The molecule has 0 radical (unpaired) electrons. The van der Waals surface area contributed by atoms with Crippen LogP contribution in [0.1, 0.15) is 16.2 Å². The molecular weight excluding hydrogens is 252 g/mol. The van der Waals surface area contributed by atoms with Gasteiger partial charge in [0.1, 0.15) is 11.3 Å². The summed E-state index contributed by atoms with van der Waals surface area (Å²) in [5.74, 6) is -0.125. The molecule has 5 nitrogen and oxygen atoms in total. The van der Waals surface area contributed by atoms with Crippen LogP contribution in [0.5, 0.6) is 0 Å². The highest BCUT2D eigenvalue weighted by Gasteiger charge is 2.10. The molecule has 0 aliphatic heterocycles. The van der Waals surface area contributed by atoms with Crippen LogP contribution < -0.4 is 5.32 Å². The largest absolute Gasteiger partial charge is 0.350 e. The van der Waals surface area contributed by atoms with Crippen LogP contribution >= 0.6 is 0 Å². The van der Waals surface area contributed by atoms with E-state index in [0.29, 0.717) is 18.7 Å². The Bertz CT molecular complexity index is 721. The Hall–Kier alpha value is -2.69. The third-order valence-electron chi connectivity index (χ3n) is 3.04. The Morgan fingerprint density at radius 1 is 1.15 bits per heavy atom.